The van der Waals surface area contributed by atoms with Gasteiger partial charge >= 0.3 is 0 Å². The van der Waals surface area contributed by atoms with Gasteiger partial charge in [0.2, 0.25) is 5.91 Å². The zero-order chi connectivity index (χ0) is 17.9. The standard InChI is InChI=1S/C20H20N4OS/c1-2-15(13-6-4-3-5-7-13)20(25)22-14-8-9-16-17(10-14)24-19(23-16)18-11-26-12-21-18/h3-12,15,19,23-24H,2H2,1H3,(H,22,25). The maximum absolute atomic E-state index is 12.7. The Bertz CT molecular complexity index is 895. The van der Waals surface area contributed by atoms with E-state index in [1.165, 1.54) is 0 Å². The number of fused-ring (bicyclic) bond motifs is 1. The van der Waals surface area contributed by atoms with Gasteiger partial charge < -0.3 is 16.0 Å². The third-order valence-corrected chi connectivity index (χ3v) is 5.17. The molecule has 0 radical (unpaired) electrons. The lowest BCUT2D eigenvalue weighted by molar-refractivity contribution is -0.117. The van der Waals surface area contributed by atoms with Crippen LogP contribution in [0.5, 0.6) is 0 Å². The van der Waals surface area contributed by atoms with Gasteiger partial charge in [0.25, 0.3) is 0 Å². The van der Waals surface area contributed by atoms with Crippen LogP contribution >= 0.6 is 11.3 Å². The number of aromatic nitrogens is 1. The molecule has 1 aliphatic rings. The largest absolute Gasteiger partial charge is 0.359 e. The quantitative estimate of drug-likeness (QED) is 0.608. The first-order valence-electron chi connectivity index (χ1n) is 8.65. The highest BCUT2D eigenvalue weighted by atomic mass is 32.1. The van der Waals surface area contributed by atoms with E-state index >= 15 is 0 Å². The van der Waals surface area contributed by atoms with Gasteiger partial charge in [0.05, 0.1) is 28.5 Å². The van der Waals surface area contributed by atoms with Crippen molar-refractivity contribution in [3.05, 3.63) is 70.7 Å². The average Bonchev–Trinajstić information content (AvgIpc) is 3.32. The molecule has 1 aromatic heterocycles. The van der Waals surface area contributed by atoms with Crippen molar-refractivity contribution in [2.75, 3.05) is 16.0 Å². The molecule has 132 valence electrons. The molecule has 3 N–H and O–H groups in total. The van der Waals surface area contributed by atoms with Crippen LogP contribution in [0.3, 0.4) is 0 Å². The number of benzene rings is 2. The van der Waals surface area contributed by atoms with E-state index in [1.54, 1.807) is 11.3 Å². The third kappa shape index (κ3) is 3.28. The number of rotatable bonds is 5. The van der Waals surface area contributed by atoms with Gasteiger partial charge in [0.15, 0.2) is 0 Å². The molecule has 6 heteroatoms. The van der Waals surface area contributed by atoms with Gasteiger partial charge in [-0.05, 0) is 30.2 Å². The fourth-order valence-electron chi connectivity index (χ4n) is 3.21. The van der Waals surface area contributed by atoms with Crippen molar-refractivity contribution in [2.45, 2.75) is 25.4 Å². The Labute approximate surface area is 156 Å². The SMILES string of the molecule is CCC(C(=O)Nc1ccc2c(c1)NC(c1cscn1)N2)c1ccccc1. The van der Waals surface area contributed by atoms with Gasteiger partial charge in [-0.25, -0.2) is 4.98 Å². The van der Waals surface area contributed by atoms with Gasteiger partial charge in [-0.3, -0.25) is 4.79 Å². The highest BCUT2D eigenvalue weighted by Crippen LogP contribution is 2.37. The lowest BCUT2D eigenvalue weighted by atomic mass is 9.95. The number of nitrogens with one attached hydrogen (secondary N) is 3. The van der Waals surface area contributed by atoms with Crippen molar-refractivity contribution >= 4 is 34.3 Å². The zero-order valence-electron chi connectivity index (χ0n) is 14.4. The van der Waals surface area contributed by atoms with Crippen LogP contribution in [-0.2, 0) is 4.79 Å². The molecule has 2 unspecified atom stereocenters. The van der Waals surface area contributed by atoms with Crippen LogP contribution < -0.4 is 16.0 Å². The fourth-order valence-corrected chi connectivity index (χ4v) is 3.79. The molecule has 2 aromatic carbocycles. The topological polar surface area (TPSA) is 66.0 Å². The molecule has 0 saturated carbocycles. The molecular weight excluding hydrogens is 344 g/mol. The Morgan fingerprint density at radius 3 is 2.73 bits per heavy atom. The van der Waals surface area contributed by atoms with Gasteiger partial charge in [0, 0.05) is 11.1 Å². The first-order valence-corrected chi connectivity index (χ1v) is 9.60. The highest BCUT2D eigenvalue weighted by molar-refractivity contribution is 7.07. The van der Waals surface area contributed by atoms with Crippen molar-refractivity contribution in [1.82, 2.24) is 4.98 Å². The summed E-state index contributed by atoms with van der Waals surface area (Å²) in [6.07, 6.45) is 0.724. The van der Waals surface area contributed by atoms with E-state index in [0.29, 0.717) is 0 Å². The van der Waals surface area contributed by atoms with Gasteiger partial charge in [-0.1, -0.05) is 37.3 Å². The summed E-state index contributed by atoms with van der Waals surface area (Å²) in [5, 5.41) is 11.9. The number of carbonyl (C=O) groups is 1. The Balaban J connectivity index is 1.48. The molecule has 2 heterocycles. The normalized spacial score (nSPS) is 16.3. The van der Waals surface area contributed by atoms with E-state index in [-0.39, 0.29) is 18.0 Å². The first kappa shape index (κ1) is 16.6. The molecule has 0 spiro atoms. The summed E-state index contributed by atoms with van der Waals surface area (Å²) in [4.78, 5) is 17.1. The van der Waals surface area contributed by atoms with Crippen LogP contribution in [0, 0.1) is 0 Å². The minimum atomic E-state index is -0.154. The van der Waals surface area contributed by atoms with E-state index in [0.717, 1.165) is 34.7 Å². The van der Waals surface area contributed by atoms with Crippen molar-refractivity contribution in [2.24, 2.45) is 0 Å². The summed E-state index contributed by atoms with van der Waals surface area (Å²) in [6.45, 7) is 2.03. The molecule has 0 bridgehead atoms. The molecule has 4 rings (SSSR count). The van der Waals surface area contributed by atoms with Crippen molar-refractivity contribution in [1.29, 1.82) is 0 Å². The molecule has 5 nitrogen and oxygen atoms in total. The number of anilines is 3. The Kier molecular flexibility index (Phi) is 4.58. The Hall–Kier alpha value is -2.86. The number of amides is 1. The van der Waals surface area contributed by atoms with Crippen molar-refractivity contribution in [3.63, 3.8) is 0 Å². The molecule has 2 atom stereocenters. The van der Waals surface area contributed by atoms with E-state index in [4.69, 9.17) is 0 Å². The predicted octanol–water partition coefficient (Wildman–Crippen LogP) is 4.81. The molecule has 0 aliphatic carbocycles. The second kappa shape index (κ2) is 7.17. The maximum atomic E-state index is 12.7. The molecule has 26 heavy (non-hydrogen) atoms. The lowest BCUT2D eigenvalue weighted by Crippen LogP contribution is -2.20. The fraction of sp³-hybridized carbons (Fsp3) is 0.200. The Morgan fingerprint density at radius 2 is 2.00 bits per heavy atom. The third-order valence-electron chi connectivity index (χ3n) is 4.56. The number of hydrogen-bond donors (Lipinski definition) is 3. The van der Waals surface area contributed by atoms with Crippen LogP contribution in [0.15, 0.2) is 59.4 Å². The molecule has 3 aromatic rings. The van der Waals surface area contributed by atoms with Crippen molar-refractivity contribution in [3.8, 4) is 0 Å². The lowest BCUT2D eigenvalue weighted by Gasteiger charge is -2.16. The van der Waals surface area contributed by atoms with E-state index in [2.05, 4.69) is 20.9 Å². The highest BCUT2D eigenvalue weighted by Gasteiger charge is 2.23. The van der Waals surface area contributed by atoms with E-state index in [9.17, 15) is 4.79 Å². The summed E-state index contributed by atoms with van der Waals surface area (Å²) in [7, 11) is 0. The molecule has 0 saturated heterocycles. The van der Waals surface area contributed by atoms with Gasteiger partial charge in [0.1, 0.15) is 6.17 Å². The number of carbonyl (C=O) groups excluding carboxylic acids is 1. The predicted molar refractivity (Wildman–Crippen MR) is 107 cm³/mol. The van der Waals surface area contributed by atoms with Crippen LogP contribution in [-0.4, -0.2) is 10.9 Å². The zero-order valence-corrected chi connectivity index (χ0v) is 15.2. The molecule has 1 amide bonds. The van der Waals surface area contributed by atoms with Crippen LogP contribution in [0.2, 0.25) is 0 Å². The van der Waals surface area contributed by atoms with E-state index < -0.39 is 0 Å². The minimum absolute atomic E-state index is 0.0145. The second-order valence-corrected chi connectivity index (χ2v) is 6.97. The first-order chi connectivity index (χ1) is 12.7. The van der Waals surface area contributed by atoms with Gasteiger partial charge in [-0.15, -0.1) is 11.3 Å². The van der Waals surface area contributed by atoms with Crippen molar-refractivity contribution < 1.29 is 4.79 Å². The molecule has 1 aliphatic heterocycles. The number of hydrogen-bond acceptors (Lipinski definition) is 5. The second-order valence-electron chi connectivity index (χ2n) is 6.26. The number of nitrogens with zero attached hydrogens (tertiary/aromatic N) is 1. The van der Waals surface area contributed by atoms with Crippen LogP contribution in [0.4, 0.5) is 17.1 Å². The summed E-state index contributed by atoms with van der Waals surface area (Å²) in [5.41, 5.74) is 6.59. The summed E-state index contributed by atoms with van der Waals surface area (Å²) < 4.78 is 0. The molecule has 0 fully saturated rings. The maximum Gasteiger partial charge on any atom is 0.231 e. The van der Waals surface area contributed by atoms with E-state index in [1.807, 2.05) is 66.3 Å². The summed E-state index contributed by atoms with van der Waals surface area (Å²) in [5.74, 6) is -0.140. The number of thiazole rings is 1. The summed E-state index contributed by atoms with van der Waals surface area (Å²) in [6, 6.07) is 15.8. The molecular formula is C20H20N4OS. The minimum Gasteiger partial charge on any atom is -0.359 e. The van der Waals surface area contributed by atoms with Crippen LogP contribution in [0.25, 0.3) is 0 Å². The summed E-state index contributed by atoms with van der Waals surface area (Å²) >= 11 is 1.57. The smallest absolute Gasteiger partial charge is 0.231 e. The average molecular weight is 364 g/mol. The monoisotopic (exact) mass is 364 g/mol. The van der Waals surface area contributed by atoms with Crippen LogP contribution in [0.1, 0.15) is 36.7 Å². The Morgan fingerprint density at radius 1 is 1.19 bits per heavy atom. The van der Waals surface area contributed by atoms with Gasteiger partial charge in [-0.2, -0.15) is 0 Å².